The van der Waals surface area contributed by atoms with Crippen molar-refractivity contribution in [1.82, 2.24) is 0 Å². The molecule has 0 unspecified atom stereocenters. The molecular weight excluding hydrogens is 200 g/mol. The van der Waals surface area contributed by atoms with Crippen LogP contribution in [0.2, 0.25) is 0 Å². The molecule has 0 radical (unpaired) electrons. The predicted octanol–water partition coefficient (Wildman–Crippen LogP) is 2.56. The third-order valence-electron chi connectivity index (χ3n) is 3.42. The van der Waals surface area contributed by atoms with Crippen LogP contribution in [0, 0.1) is 0 Å². The van der Waals surface area contributed by atoms with Gasteiger partial charge in [0.1, 0.15) is 10.5 Å². The number of hydrogen-bond acceptors (Lipinski definition) is 1. The zero-order valence-electron chi connectivity index (χ0n) is 10.3. The fourth-order valence-corrected chi connectivity index (χ4v) is 3.10. The molecule has 2 heteroatoms. The van der Waals surface area contributed by atoms with E-state index < -0.39 is 0 Å². The van der Waals surface area contributed by atoms with Crippen molar-refractivity contribution in [3.8, 4) is 0 Å². The maximum absolute atomic E-state index is 5.90. The fraction of sp³-hybridized carbons (Fsp3) is 0.538. The summed E-state index contributed by atoms with van der Waals surface area (Å²) in [4.78, 5) is 0. The van der Waals surface area contributed by atoms with Gasteiger partial charge in [-0.25, -0.2) is 0 Å². The molecule has 0 spiro atoms. The molecule has 0 bridgehead atoms. The fourth-order valence-electron chi connectivity index (χ4n) is 2.30. The Balaban J connectivity index is 3.21. The van der Waals surface area contributed by atoms with Crippen molar-refractivity contribution in [2.45, 2.75) is 45.6 Å². The Kier molecular flexibility index (Phi) is 4.55. The number of hydrogen-bond donors (Lipinski definition) is 0. The minimum absolute atomic E-state index is 0.0289. The molecule has 0 saturated carbocycles. The topological polar surface area (TPSA) is 9.23 Å². The van der Waals surface area contributed by atoms with Crippen LogP contribution in [0.4, 0.5) is 0 Å². The minimum Gasteiger partial charge on any atom is -0.418 e. The Hall–Kier alpha value is -0.603. The van der Waals surface area contributed by atoms with Crippen molar-refractivity contribution in [2.75, 3.05) is 0 Å². The smallest absolute Gasteiger partial charge is 0.147 e. The highest BCUT2D eigenvalue weighted by molar-refractivity contribution is 5.98. The van der Waals surface area contributed by atoms with Gasteiger partial charge in [0.05, 0.1) is 5.60 Å². The first-order valence-corrected chi connectivity index (χ1v) is 6.69. The highest BCUT2D eigenvalue weighted by atomic mass is 28.2. The zero-order chi connectivity index (χ0) is 11.3. The second-order valence-electron chi connectivity index (χ2n) is 3.92. The molecule has 84 valence electrons. The Morgan fingerprint density at radius 3 is 2.20 bits per heavy atom. The molecule has 0 aliphatic rings. The summed E-state index contributed by atoms with van der Waals surface area (Å²) in [7, 11) is 0.801. The van der Waals surface area contributed by atoms with E-state index in [1.54, 1.807) is 0 Å². The first kappa shape index (κ1) is 12.5. The van der Waals surface area contributed by atoms with Gasteiger partial charge < -0.3 is 4.43 Å². The van der Waals surface area contributed by atoms with Crippen molar-refractivity contribution < 1.29 is 4.43 Å². The molecular formula is C13H22OSi. The third kappa shape index (κ3) is 2.32. The molecule has 15 heavy (non-hydrogen) atoms. The van der Waals surface area contributed by atoms with Gasteiger partial charge in [-0.15, -0.1) is 0 Å². The summed E-state index contributed by atoms with van der Waals surface area (Å²) in [5, 5.41) is 0. The summed E-state index contributed by atoms with van der Waals surface area (Å²) in [6.07, 6.45) is 3.21. The lowest BCUT2D eigenvalue weighted by molar-refractivity contribution is 0.0676. The van der Waals surface area contributed by atoms with E-state index in [0.29, 0.717) is 0 Å². The van der Waals surface area contributed by atoms with Crippen LogP contribution in [-0.2, 0) is 16.4 Å². The van der Waals surface area contributed by atoms with Crippen LogP contribution in [0.3, 0.4) is 0 Å². The number of benzene rings is 1. The molecule has 0 saturated heterocycles. The van der Waals surface area contributed by atoms with Crippen molar-refractivity contribution in [3.63, 3.8) is 0 Å². The monoisotopic (exact) mass is 222 g/mol. The molecule has 0 N–H and O–H groups in total. The second kappa shape index (κ2) is 5.47. The molecule has 0 atom stereocenters. The molecule has 1 nitrogen and oxygen atoms in total. The average molecular weight is 222 g/mol. The van der Waals surface area contributed by atoms with Gasteiger partial charge in [-0.1, -0.05) is 45.0 Å². The van der Waals surface area contributed by atoms with E-state index in [9.17, 15) is 0 Å². The van der Waals surface area contributed by atoms with Crippen LogP contribution in [-0.4, -0.2) is 10.5 Å². The lowest BCUT2D eigenvalue weighted by Gasteiger charge is -2.33. The molecule has 0 fully saturated rings. The Labute approximate surface area is 96.4 Å². The molecule has 0 aliphatic heterocycles. The van der Waals surface area contributed by atoms with Gasteiger partial charge in [-0.2, -0.15) is 0 Å². The van der Waals surface area contributed by atoms with Crippen LogP contribution in [0.1, 0.15) is 44.7 Å². The zero-order valence-corrected chi connectivity index (χ0v) is 12.3. The molecule has 1 aromatic carbocycles. The van der Waals surface area contributed by atoms with Gasteiger partial charge in [0, 0.05) is 0 Å². The van der Waals surface area contributed by atoms with Crippen LogP contribution in [0.25, 0.3) is 0 Å². The van der Waals surface area contributed by atoms with E-state index in [1.807, 2.05) is 0 Å². The molecule has 1 aromatic rings. The van der Waals surface area contributed by atoms with Crippen LogP contribution in [0.15, 0.2) is 24.3 Å². The third-order valence-corrected chi connectivity index (χ3v) is 4.20. The lowest BCUT2D eigenvalue weighted by Crippen LogP contribution is -2.28. The highest BCUT2D eigenvalue weighted by Crippen LogP contribution is 2.34. The van der Waals surface area contributed by atoms with Crippen molar-refractivity contribution in [2.24, 2.45) is 0 Å². The first-order chi connectivity index (χ1) is 7.24. The largest absolute Gasteiger partial charge is 0.418 e. The normalized spacial score (nSPS) is 11.9. The van der Waals surface area contributed by atoms with E-state index in [0.717, 1.165) is 29.7 Å². The molecule has 1 rings (SSSR count). The van der Waals surface area contributed by atoms with Gasteiger partial charge in [0.15, 0.2) is 0 Å². The Bertz CT molecular complexity index is 297. The molecule has 0 amide bonds. The van der Waals surface area contributed by atoms with Crippen molar-refractivity contribution in [3.05, 3.63) is 35.4 Å². The van der Waals surface area contributed by atoms with E-state index in [4.69, 9.17) is 4.43 Å². The van der Waals surface area contributed by atoms with E-state index >= 15 is 0 Å². The minimum atomic E-state index is -0.0289. The van der Waals surface area contributed by atoms with Crippen LogP contribution in [0.5, 0.6) is 0 Å². The summed E-state index contributed by atoms with van der Waals surface area (Å²) < 4.78 is 5.90. The van der Waals surface area contributed by atoms with E-state index in [1.165, 1.54) is 11.1 Å². The molecule has 0 heterocycles. The first-order valence-electron chi connectivity index (χ1n) is 5.87. The van der Waals surface area contributed by atoms with Gasteiger partial charge >= 0.3 is 0 Å². The van der Waals surface area contributed by atoms with Crippen molar-refractivity contribution >= 4 is 10.5 Å². The summed E-state index contributed by atoms with van der Waals surface area (Å²) in [6, 6.07) is 8.68. The van der Waals surface area contributed by atoms with E-state index in [2.05, 4.69) is 45.0 Å². The summed E-state index contributed by atoms with van der Waals surface area (Å²) in [5.74, 6) is 0. The van der Waals surface area contributed by atoms with Crippen LogP contribution >= 0.6 is 0 Å². The average Bonchev–Trinajstić information content (AvgIpc) is 2.33. The highest BCUT2D eigenvalue weighted by Gasteiger charge is 2.28. The maximum Gasteiger partial charge on any atom is 0.147 e. The molecule has 0 aromatic heterocycles. The van der Waals surface area contributed by atoms with Crippen LogP contribution < -0.4 is 0 Å². The quantitative estimate of drug-likeness (QED) is 0.696. The molecule has 0 aliphatic carbocycles. The second-order valence-corrected chi connectivity index (χ2v) is 4.32. The lowest BCUT2D eigenvalue weighted by atomic mass is 9.85. The van der Waals surface area contributed by atoms with Gasteiger partial charge in [0.25, 0.3) is 0 Å². The standard InChI is InChI=1S/C13H22OSi/c1-4-11-9-7-8-10-12(11)13(5-2,6-3)14-15/h7-10H,4-6H2,1-3,15H3. The van der Waals surface area contributed by atoms with Gasteiger partial charge in [0.2, 0.25) is 0 Å². The number of aryl methyl sites for hydroxylation is 1. The Morgan fingerprint density at radius 1 is 1.13 bits per heavy atom. The SMILES string of the molecule is CCc1ccccc1C(CC)(CC)O[SiH3]. The Morgan fingerprint density at radius 2 is 1.73 bits per heavy atom. The van der Waals surface area contributed by atoms with E-state index in [-0.39, 0.29) is 5.60 Å². The maximum atomic E-state index is 5.90. The van der Waals surface area contributed by atoms with Gasteiger partial charge in [-0.3, -0.25) is 0 Å². The summed E-state index contributed by atoms with van der Waals surface area (Å²) in [5.41, 5.74) is 2.79. The predicted molar refractivity (Wildman–Crippen MR) is 69.1 cm³/mol. The van der Waals surface area contributed by atoms with Crippen molar-refractivity contribution in [1.29, 1.82) is 0 Å². The summed E-state index contributed by atoms with van der Waals surface area (Å²) in [6.45, 7) is 6.64. The van der Waals surface area contributed by atoms with Gasteiger partial charge in [-0.05, 0) is 30.4 Å². The number of rotatable bonds is 5. The summed E-state index contributed by atoms with van der Waals surface area (Å²) >= 11 is 0.